The number of hydrogen-bond acceptors (Lipinski definition) is 1. The lowest BCUT2D eigenvalue weighted by atomic mass is 10.1. The number of aromatic amines is 1. The van der Waals surface area contributed by atoms with Gasteiger partial charge in [-0.3, -0.25) is 0 Å². The monoisotopic (exact) mass is 255 g/mol. The highest BCUT2D eigenvalue weighted by molar-refractivity contribution is 5.87. The molecule has 1 heterocycles. The average Bonchev–Trinajstić information content (AvgIpc) is 2.77. The number of hydrogen-bond donors (Lipinski definition) is 2. The third-order valence-corrected chi connectivity index (χ3v) is 2.44. The van der Waals surface area contributed by atoms with Crippen LogP contribution in [0.25, 0.3) is 11.1 Å². The van der Waals surface area contributed by atoms with E-state index in [-0.39, 0.29) is 5.69 Å². The SMILES string of the molecule is O=C(O)c1cc(-c2cccc(C(F)(F)F)c2)c[nH]1. The molecule has 0 saturated heterocycles. The maximum Gasteiger partial charge on any atom is 0.416 e. The third kappa shape index (κ3) is 2.37. The number of carbonyl (C=O) groups is 1. The number of carboxylic acid groups (broad SMARTS) is 1. The molecule has 0 unspecified atom stereocenters. The van der Waals surface area contributed by atoms with E-state index in [9.17, 15) is 18.0 Å². The molecule has 0 aliphatic rings. The number of nitrogens with one attached hydrogen (secondary N) is 1. The molecule has 2 N–H and O–H groups in total. The van der Waals surface area contributed by atoms with Gasteiger partial charge in [0.2, 0.25) is 0 Å². The van der Waals surface area contributed by atoms with Gasteiger partial charge in [-0.2, -0.15) is 13.2 Å². The molecule has 1 aromatic heterocycles. The topological polar surface area (TPSA) is 53.1 Å². The molecule has 0 radical (unpaired) electrons. The zero-order chi connectivity index (χ0) is 13.3. The lowest BCUT2D eigenvalue weighted by Crippen LogP contribution is -2.04. The second kappa shape index (κ2) is 4.21. The molecule has 18 heavy (non-hydrogen) atoms. The van der Waals surface area contributed by atoms with E-state index in [2.05, 4.69) is 4.98 Å². The minimum Gasteiger partial charge on any atom is -0.477 e. The van der Waals surface area contributed by atoms with Crippen molar-refractivity contribution in [2.24, 2.45) is 0 Å². The lowest BCUT2D eigenvalue weighted by Gasteiger charge is -2.07. The normalized spacial score (nSPS) is 11.5. The van der Waals surface area contributed by atoms with Gasteiger partial charge in [0.25, 0.3) is 0 Å². The molecular weight excluding hydrogens is 247 g/mol. The van der Waals surface area contributed by atoms with Gasteiger partial charge < -0.3 is 10.1 Å². The van der Waals surface area contributed by atoms with Crippen LogP contribution in [0.5, 0.6) is 0 Å². The van der Waals surface area contributed by atoms with E-state index in [0.717, 1.165) is 12.1 Å². The summed E-state index contributed by atoms with van der Waals surface area (Å²) in [7, 11) is 0. The Bertz CT molecular complexity index is 587. The smallest absolute Gasteiger partial charge is 0.416 e. The summed E-state index contributed by atoms with van der Waals surface area (Å²) in [4.78, 5) is 13.1. The van der Waals surface area contributed by atoms with Crippen LogP contribution >= 0.6 is 0 Å². The number of aromatic carboxylic acids is 1. The second-order valence-corrected chi connectivity index (χ2v) is 3.69. The van der Waals surface area contributed by atoms with E-state index >= 15 is 0 Å². The first-order chi connectivity index (χ1) is 8.38. The van der Waals surface area contributed by atoms with Crippen LogP contribution in [0.3, 0.4) is 0 Å². The maximum absolute atomic E-state index is 12.5. The van der Waals surface area contributed by atoms with Gasteiger partial charge in [-0.1, -0.05) is 12.1 Å². The minimum absolute atomic E-state index is 0.0672. The number of rotatable bonds is 2. The van der Waals surface area contributed by atoms with Crippen LogP contribution in [-0.2, 0) is 6.18 Å². The Morgan fingerprint density at radius 2 is 1.89 bits per heavy atom. The molecule has 0 fully saturated rings. The van der Waals surface area contributed by atoms with Crippen LogP contribution < -0.4 is 0 Å². The van der Waals surface area contributed by atoms with Crippen molar-refractivity contribution < 1.29 is 23.1 Å². The van der Waals surface area contributed by atoms with Crippen molar-refractivity contribution in [3.63, 3.8) is 0 Å². The Balaban J connectivity index is 2.41. The molecule has 3 nitrogen and oxygen atoms in total. The van der Waals surface area contributed by atoms with Crippen molar-refractivity contribution in [1.82, 2.24) is 4.98 Å². The standard InChI is InChI=1S/C12H8F3NO2/c13-12(14,15)9-3-1-2-7(4-9)8-5-10(11(17)18)16-6-8/h1-6,16H,(H,17,18). The molecular formula is C12H8F3NO2. The fourth-order valence-electron chi connectivity index (χ4n) is 1.56. The van der Waals surface area contributed by atoms with Gasteiger partial charge in [0.15, 0.2) is 0 Å². The molecule has 0 aliphatic carbocycles. The predicted octanol–water partition coefficient (Wildman–Crippen LogP) is 3.40. The molecule has 0 atom stereocenters. The molecule has 1 aromatic carbocycles. The van der Waals surface area contributed by atoms with Crippen LogP contribution in [0.4, 0.5) is 13.2 Å². The van der Waals surface area contributed by atoms with Crippen molar-refractivity contribution >= 4 is 5.97 Å². The second-order valence-electron chi connectivity index (χ2n) is 3.69. The highest BCUT2D eigenvalue weighted by Gasteiger charge is 2.30. The van der Waals surface area contributed by atoms with E-state index in [1.807, 2.05) is 0 Å². The first kappa shape index (κ1) is 12.2. The highest BCUT2D eigenvalue weighted by Crippen LogP contribution is 2.32. The Morgan fingerprint density at radius 1 is 1.17 bits per heavy atom. The number of benzene rings is 1. The minimum atomic E-state index is -4.41. The van der Waals surface area contributed by atoms with Crippen LogP contribution in [0.2, 0.25) is 0 Å². The first-order valence-electron chi connectivity index (χ1n) is 4.97. The molecule has 0 spiro atoms. The van der Waals surface area contributed by atoms with Crippen LogP contribution in [0, 0.1) is 0 Å². The summed E-state index contributed by atoms with van der Waals surface area (Å²) in [5.74, 6) is -1.16. The summed E-state index contributed by atoms with van der Waals surface area (Å²) in [5.41, 5.74) is -0.118. The molecule has 0 bridgehead atoms. The van der Waals surface area contributed by atoms with Gasteiger partial charge in [0.1, 0.15) is 5.69 Å². The summed E-state index contributed by atoms with van der Waals surface area (Å²) in [6.45, 7) is 0. The Labute approximate surface area is 99.9 Å². The zero-order valence-corrected chi connectivity index (χ0v) is 8.95. The van der Waals surface area contributed by atoms with Gasteiger partial charge >= 0.3 is 12.1 Å². The van der Waals surface area contributed by atoms with Gasteiger partial charge in [-0.15, -0.1) is 0 Å². The van der Waals surface area contributed by atoms with E-state index in [0.29, 0.717) is 11.1 Å². The lowest BCUT2D eigenvalue weighted by molar-refractivity contribution is -0.137. The highest BCUT2D eigenvalue weighted by atomic mass is 19.4. The van der Waals surface area contributed by atoms with Crippen molar-refractivity contribution in [3.05, 3.63) is 47.8 Å². The third-order valence-electron chi connectivity index (χ3n) is 2.44. The molecule has 0 amide bonds. The number of alkyl halides is 3. The number of H-pyrrole nitrogens is 1. The van der Waals surface area contributed by atoms with Gasteiger partial charge in [0.05, 0.1) is 5.56 Å². The van der Waals surface area contributed by atoms with Gasteiger partial charge in [-0.25, -0.2) is 4.79 Å². The summed E-state index contributed by atoms with van der Waals surface area (Å²) in [6, 6.07) is 6.01. The van der Waals surface area contributed by atoms with Crippen molar-refractivity contribution in [2.45, 2.75) is 6.18 Å². The van der Waals surface area contributed by atoms with Crippen molar-refractivity contribution in [3.8, 4) is 11.1 Å². The summed E-state index contributed by atoms with van der Waals surface area (Å²) in [6.07, 6.45) is -3.05. The summed E-state index contributed by atoms with van der Waals surface area (Å²) in [5, 5.41) is 8.72. The maximum atomic E-state index is 12.5. The average molecular weight is 255 g/mol. The number of halogens is 3. The molecule has 2 aromatic rings. The number of carboxylic acids is 1. The zero-order valence-electron chi connectivity index (χ0n) is 8.95. The van der Waals surface area contributed by atoms with Crippen molar-refractivity contribution in [2.75, 3.05) is 0 Å². The Hall–Kier alpha value is -2.24. The van der Waals surface area contributed by atoms with E-state index in [1.165, 1.54) is 24.4 Å². The van der Waals surface area contributed by atoms with Crippen molar-refractivity contribution in [1.29, 1.82) is 0 Å². The molecule has 6 heteroatoms. The van der Waals surface area contributed by atoms with E-state index < -0.39 is 17.7 Å². The first-order valence-corrected chi connectivity index (χ1v) is 4.97. The molecule has 0 saturated carbocycles. The van der Waals surface area contributed by atoms with E-state index in [4.69, 9.17) is 5.11 Å². The van der Waals surface area contributed by atoms with Gasteiger partial charge in [-0.05, 0) is 23.8 Å². The Kier molecular flexibility index (Phi) is 2.86. The fourth-order valence-corrected chi connectivity index (χ4v) is 1.56. The largest absolute Gasteiger partial charge is 0.477 e. The van der Waals surface area contributed by atoms with E-state index in [1.54, 1.807) is 0 Å². The Morgan fingerprint density at radius 3 is 2.44 bits per heavy atom. The van der Waals surface area contributed by atoms with Gasteiger partial charge in [0, 0.05) is 11.8 Å². The summed E-state index contributed by atoms with van der Waals surface area (Å²) >= 11 is 0. The number of aromatic nitrogens is 1. The summed E-state index contributed by atoms with van der Waals surface area (Å²) < 4.78 is 37.5. The predicted molar refractivity (Wildman–Crippen MR) is 58.2 cm³/mol. The fraction of sp³-hybridized carbons (Fsp3) is 0.0833. The molecule has 2 rings (SSSR count). The molecule has 94 valence electrons. The van der Waals surface area contributed by atoms with Crippen LogP contribution in [-0.4, -0.2) is 16.1 Å². The quantitative estimate of drug-likeness (QED) is 0.864. The molecule has 0 aliphatic heterocycles. The van der Waals surface area contributed by atoms with Crippen LogP contribution in [0.15, 0.2) is 36.5 Å². The van der Waals surface area contributed by atoms with Crippen LogP contribution in [0.1, 0.15) is 16.1 Å².